The minimum absolute atomic E-state index is 0.158. The van der Waals surface area contributed by atoms with E-state index >= 15 is 0 Å². The molecule has 3 aromatic rings. The highest BCUT2D eigenvalue weighted by Gasteiger charge is 2.23. The first kappa shape index (κ1) is 22.0. The summed E-state index contributed by atoms with van der Waals surface area (Å²) in [5.74, 6) is -0.592. The van der Waals surface area contributed by atoms with Crippen molar-refractivity contribution in [3.05, 3.63) is 96.1 Å². The predicted octanol–water partition coefficient (Wildman–Crippen LogP) is 4.08. The molecular formula is C26H28N4OS. The number of nitrogens with zero attached hydrogens (tertiary/aromatic N) is 2. The number of benzene rings is 3. The van der Waals surface area contributed by atoms with Crippen LogP contribution in [0.1, 0.15) is 17.0 Å². The maximum atomic E-state index is 13.2. The minimum Gasteiger partial charge on any atom is -0.369 e. The normalized spacial score (nSPS) is 14.2. The molecule has 164 valence electrons. The minimum atomic E-state index is -0.434. The first-order chi connectivity index (χ1) is 15.6. The average molecular weight is 445 g/mol. The fourth-order valence-corrected chi connectivity index (χ4v) is 4.17. The van der Waals surface area contributed by atoms with Crippen LogP contribution in [0.4, 0.5) is 11.4 Å². The molecule has 0 spiro atoms. The van der Waals surface area contributed by atoms with Gasteiger partial charge >= 0.3 is 0 Å². The molecule has 5 nitrogen and oxygen atoms in total. The lowest BCUT2D eigenvalue weighted by molar-refractivity contribution is -0.120. The van der Waals surface area contributed by atoms with Gasteiger partial charge in [-0.3, -0.25) is 4.79 Å². The molecule has 1 heterocycles. The summed E-state index contributed by atoms with van der Waals surface area (Å²) < 4.78 is 0. The molecular weight excluding hydrogens is 416 g/mol. The molecule has 1 aliphatic rings. The second-order valence-electron chi connectivity index (χ2n) is 8.03. The van der Waals surface area contributed by atoms with Gasteiger partial charge in [0.25, 0.3) is 0 Å². The maximum absolute atomic E-state index is 13.2. The molecule has 0 unspecified atom stereocenters. The molecule has 0 aliphatic carbocycles. The van der Waals surface area contributed by atoms with Gasteiger partial charge in [0.15, 0.2) is 5.11 Å². The number of rotatable bonds is 5. The average Bonchev–Trinajstić information content (AvgIpc) is 2.82. The highest BCUT2D eigenvalue weighted by Crippen LogP contribution is 2.25. The van der Waals surface area contributed by atoms with Gasteiger partial charge in [-0.15, -0.1) is 0 Å². The van der Waals surface area contributed by atoms with Crippen molar-refractivity contribution >= 4 is 34.6 Å². The Kier molecular flexibility index (Phi) is 7.14. The van der Waals surface area contributed by atoms with E-state index in [0.29, 0.717) is 5.11 Å². The topological polar surface area (TPSA) is 47.6 Å². The Morgan fingerprint density at radius 3 is 1.88 bits per heavy atom. The fraction of sp³-hybridized carbons (Fsp3) is 0.231. The highest BCUT2D eigenvalue weighted by molar-refractivity contribution is 7.80. The van der Waals surface area contributed by atoms with E-state index in [1.807, 2.05) is 72.8 Å². The van der Waals surface area contributed by atoms with E-state index in [0.717, 1.165) is 43.0 Å². The molecule has 1 aliphatic heterocycles. The van der Waals surface area contributed by atoms with Gasteiger partial charge in [-0.1, -0.05) is 60.7 Å². The zero-order valence-corrected chi connectivity index (χ0v) is 19.0. The van der Waals surface area contributed by atoms with Crippen molar-refractivity contribution in [2.24, 2.45) is 0 Å². The molecule has 2 N–H and O–H groups in total. The Labute approximate surface area is 195 Å². The lowest BCUT2D eigenvalue weighted by atomic mass is 9.90. The molecule has 0 bridgehead atoms. The Hall–Kier alpha value is -3.22. The molecule has 1 saturated heterocycles. The summed E-state index contributed by atoms with van der Waals surface area (Å²) in [6.07, 6.45) is 0. The number of hydrogen-bond donors (Lipinski definition) is 2. The van der Waals surface area contributed by atoms with Crippen molar-refractivity contribution in [2.45, 2.75) is 5.92 Å². The summed E-state index contributed by atoms with van der Waals surface area (Å²) in [4.78, 5) is 17.9. The number of amides is 1. The summed E-state index contributed by atoms with van der Waals surface area (Å²) in [5.41, 5.74) is 3.90. The lowest BCUT2D eigenvalue weighted by Crippen LogP contribution is -2.44. The smallest absolute Gasteiger partial charge is 0.238 e. The van der Waals surface area contributed by atoms with E-state index in [-0.39, 0.29) is 5.91 Å². The second kappa shape index (κ2) is 10.4. The van der Waals surface area contributed by atoms with Crippen molar-refractivity contribution < 1.29 is 4.79 Å². The van der Waals surface area contributed by atoms with Crippen LogP contribution in [-0.4, -0.2) is 49.1 Å². The SMILES string of the molecule is CN1CCN(c2ccc(NC(=S)NC(=O)C(c3ccccc3)c3ccccc3)cc2)CC1. The Morgan fingerprint density at radius 1 is 0.812 bits per heavy atom. The van der Waals surface area contributed by atoms with Crippen LogP contribution in [0.25, 0.3) is 0 Å². The third-order valence-electron chi connectivity index (χ3n) is 5.76. The van der Waals surface area contributed by atoms with Crippen molar-refractivity contribution in [1.29, 1.82) is 0 Å². The second-order valence-corrected chi connectivity index (χ2v) is 8.44. The van der Waals surface area contributed by atoms with E-state index in [1.165, 1.54) is 5.69 Å². The predicted molar refractivity (Wildman–Crippen MR) is 135 cm³/mol. The van der Waals surface area contributed by atoms with Crippen LogP contribution in [0.2, 0.25) is 0 Å². The van der Waals surface area contributed by atoms with Gasteiger partial charge in [0.05, 0.1) is 5.92 Å². The van der Waals surface area contributed by atoms with Crippen LogP contribution in [-0.2, 0) is 4.79 Å². The number of carbonyl (C=O) groups is 1. The van der Waals surface area contributed by atoms with Crippen molar-refractivity contribution in [2.75, 3.05) is 43.4 Å². The number of likely N-dealkylation sites (N-methyl/N-ethyl adjacent to an activating group) is 1. The zero-order chi connectivity index (χ0) is 22.3. The molecule has 0 radical (unpaired) electrons. The number of hydrogen-bond acceptors (Lipinski definition) is 4. The molecule has 0 atom stereocenters. The summed E-state index contributed by atoms with van der Waals surface area (Å²) >= 11 is 5.44. The molecule has 1 fully saturated rings. The van der Waals surface area contributed by atoms with Crippen LogP contribution in [0.5, 0.6) is 0 Å². The third kappa shape index (κ3) is 5.52. The molecule has 32 heavy (non-hydrogen) atoms. The third-order valence-corrected chi connectivity index (χ3v) is 5.96. The number of anilines is 2. The van der Waals surface area contributed by atoms with E-state index in [1.54, 1.807) is 0 Å². The van der Waals surface area contributed by atoms with Crippen LogP contribution in [0.15, 0.2) is 84.9 Å². The van der Waals surface area contributed by atoms with Gasteiger partial charge < -0.3 is 20.4 Å². The number of nitrogens with one attached hydrogen (secondary N) is 2. The Bertz CT molecular complexity index is 993. The largest absolute Gasteiger partial charge is 0.369 e. The maximum Gasteiger partial charge on any atom is 0.238 e. The summed E-state index contributed by atoms with van der Waals surface area (Å²) in [5, 5.41) is 6.31. The quantitative estimate of drug-likeness (QED) is 0.581. The first-order valence-corrected chi connectivity index (χ1v) is 11.3. The van der Waals surface area contributed by atoms with Crippen molar-refractivity contribution in [3.8, 4) is 0 Å². The molecule has 0 saturated carbocycles. The van der Waals surface area contributed by atoms with Gasteiger partial charge in [-0.2, -0.15) is 0 Å². The standard InChI is InChI=1S/C26H28N4OS/c1-29-16-18-30(19-17-29)23-14-12-22(13-15-23)27-26(32)28-25(31)24(20-8-4-2-5-9-20)21-10-6-3-7-11-21/h2-15,24H,16-19H2,1H3,(H2,27,28,31,32). The van der Waals surface area contributed by atoms with Gasteiger partial charge in [-0.25, -0.2) is 0 Å². The first-order valence-electron chi connectivity index (χ1n) is 10.9. The molecule has 0 aromatic heterocycles. The van der Waals surface area contributed by atoms with Crippen molar-refractivity contribution in [3.63, 3.8) is 0 Å². The summed E-state index contributed by atoms with van der Waals surface area (Å²) in [7, 11) is 2.15. The van der Waals surface area contributed by atoms with Crippen LogP contribution < -0.4 is 15.5 Å². The van der Waals surface area contributed by atoms with Gasteiger partial charge in [0, 0.05) is 37.6 Å². The Balaban J connectivity index is 1.41. The molecule has 6 heteroatoms. The van der Waals surface area contributed by atoms with E-state index in [9.17, 15) is 4.79 Å². The van der Waals surface area contributed by atoms with Crippen LogP contribution in [0.3, 0.4) is 0 Å². The van der Waals surface area contributed by atoms with E-state index in [2.05, 4.69) is 39.6 Å². The molecule has 4 rings (SSSR count). The molecule has 1 amide bonds. The highest BCUT2D eigenvalue weighted by atomic mass is 32.1. The number of piperazine rings is 1. The summed E-state index contributed by atoms with van der Waals surface area (Å²) in [6.45, 7) is 4.19. The Morgan fingerprint density at radius 2 is 1.34 bits per heavy atom. The van der Waals surface area contributed by atoms with E-state index in [4.69, 9.17) is 12.2 Å². The van der Waals surface area contributed by atoms with Gasteiger partial charge in [0.1, 0.15) is 0 Å². The van der Waals surface area contributed by atoms with Crippen molar-refractivity contribution in [1.82, 2.24) is 10.2 Å². The van der Waals surface area contributed by atoms with Crippen LogP contribution in [0, 0.1) is 0 Å². The number of thiocarbonyl (C=S) groups is 1. The van der Waals surface area contributed by atoms with Gasteiger partial charge in [0.2, 0.25) is 5.91 Å². The summed E-state index contributed by atoms with van der Waals surface area (Å²) in [6, 6.07) is 27.7. The lowest BCUT2D eigenvalue weighted by Gasteiger charge is -2.34. The monoisotopic (exact) mass is 444 g/mol. The van der Waals surface area contributed by atoms with E-state index < -0.39 is 5.92 Å². The number of carbonyl (C=O) groups excluding carboxylic acids is 1. The van der Waals surface area contributed by atoms with Gasteiger partial charge in [-0.05, 0) is 54.7 Å². The fourth-order valence-electron chi connectivity index (χ4n) is 3.95. The molecule has 3 aromatic carbocycles. The van der Waals surface area contributed by atoms with Crippen LogP contribution >= 0.6 is 12.2 Å². The zero-order valence-electron chi connectivity index (χ0n) is 18.2.